The number of anilines is 2. The van der Waals surface area contributed by atoms with Gasteiger partial charge in [0.25, 0.3) is 0 Å². The molecule has 0 amide bonds. The average molecular weight is 719 g/mol. The molecule has 1 aliphatic heterocycles. The molecule has 4 heteroatoms. The molecule has 1 N–H and O–H groups in total. The molecule has 1 aliphatic carbocycles. The molecule has 0 radical (unpaired) electrons. The number of fused-ring (bicyclic) bond motifs is 12. The van der Waals surface area contributed by atoms with Crippen molar-refractivity contribution in [2.24, 2.45) is 0 Å². The third-order valence-electron chi connectivity index (χ3n) is 12.3. The first-order valence-electron chi connectivity index (χ1n) is 19.2. The van der Waals surface area contributed by atoms with Gasteiger partial charge in [-0.05, 0) is 91.6 Å². The van der Waals surface area contributed by atoms with Crippen LogP contribution >= 0.6 is 11.3 Å². The standard InChI is InChI=1S/C51H35BN2S/c1-51(2)41-20-10-8-17-35(41)39-29-40(38-27-32-15-6-7-16-33(32)28-43(38)53-34-25-23-31(24-26-34)30-13-4-3-5-14-30)46-49(45(39)51)54-47-37(19-12-21-42(47)52-46)50-48(54)36-18-9-11-22-44(36)55-50/h3-29,52-53H,1-2H3. The molecule has 2 nitrogen and oxygen atoms in total. The van der Waals surface area contributed by atoms with Crippen molar-refractivity contribution < 1.29 is 0 Å². The van der Waals surface area contributed by atoms with Gasteiger partial charge in [0.1, 0.15) is 0 Å². The van der Waals surface area contributed by atoms with Crippen LogP contribution in [0.15, 0.2) is 164 Å². The molecule has 3 heterocycles. The van der Waals surface area contributed by atoms with Crippen molar-refractivity contribution in [3.63, 3.8) is 0 Å². The molecule has 0 bridgehead atoms. The normalized spacial score (nSPS) is 13.6. The summed E-state index contributed by atoms with van der Waals surface area (Å²) in [5, 5.41) is 9.08. The number of para-hydroxylation sites is 1. The molecule has 0 unspecified atom stereocenters. The molecule has 8 aromatic carbocycles. The fraction of sp³-hybridized carbons (Fsp3) is 0.0588. The van der Waals surface area contributed by atoms with Gasteiger partial charge in [0, 0.05) is 49.0 Å². The van der Waals surface area contributed by atoms with E-state index in [1.807, 2.05) is 11.3 Å². The van der Waals surface area contributed by atoms with Crippen molar-refractivity contribution in [3.8, 4) is 39.1 Å². The van der Waals surface area contributed by atoms with Gasteiger partial charge < -0.3 is 9.88 Å². The molecule has 0 atom stereocenters. The minimum atomic E-state index is -0.180. The lowest BCUT2D eigenvalue weighted by Crippen LogP contribution is -2.39. The van der Waals surface area contributed by atoms with Crippen LogP contribution in [0, 0.1) is 0 Å². The minimum Gasteiger partial charge on any atom is -0.355 e. The maximum atomic E-state index is 3.93. The molecular formula is C51H35BN2S. The van der Waals surface area contributed by atoms with Crippen LogP contribution in [-0.4, -0.2) is 11.8 Å². The quantitative estimate of drug-likeness (QED) is 0.179. The number of benzene rings is 8. The highest BCUT2D eigenvalue weighted by molar-refractivity contribution is 7.26. The van der Waals surface area contributed by atoms with Gasteiger partial charge in [0.2, 0.25) is 0 Å². The highest BCUT2D eigenvalue weighted by Crippen LogP contribution is 2.54. The van der Waals surface area contributed by atoms with E-state index in [9.17, 15) is 0 Å². The lowest BCUT2D eigenvalue weighted by molar-refractivity contribution is 0.657. The van der Waals surface area contributed by atoms with Gasteiger partial charge in [-0.2, -0.15) is 0 Å². The minimum absolute atomic E-state index is 0.180. The van der Waals surface area contributed by atoms with Gasteiger partial charge in [-0.15, -0.1) is 11.3 Å². The number of nitrogens with one attached hydrogen (secondary N) is 1. The van der Waals surface area contributed by atoms with E-state index in [2.05, 4.69) is 188 Å². The summed E-state index contributed by atoms with van der Waals surface area (Å²) in [6.07, 6.45) is 0. The topological polar surface area (TPSA) is 17.0 Å². The van der Waals surface area contributed by atoms with Crippen LogP contribution in [0.2, 0.25) is 0 Å². The van der Waals surface area contributed by atoms with Crippen LogP contribution < -0.4 is 16.2 Å². The van der Waals surface area contributed by atoms with E-state index >= 15 is 0 Å². The predicted molar refractivity (Wildman–Crippen MR) is 238 cm³/mol. The predicted octanol–water partition coefficient (Wildman–Crippen LogP) is 12.2. The second-order valence-electron chi connectivity index (χ2n) is 15.8. The molecule has 0 saturated carbocycles. The SMILES string of the molecule is CC1(C)c2ccccc2-c2cc(-c3cc4ccccc4cc3Nc3ccc(-c4ccccc4)cc3)c3c(c21)-n1c2c(cccc2c2sc4ccccc4c21)B3. The Bertz CT molecular complexity index is 3220. The highest BCUT2D eigenvalue weighted by atomic mass is 32.1. The van der Waals surface area contributed by atoms with Crippen LogP contribution in [0.5, 0.6) is 0 Å². The Hall–Kier alpha value is -6.36. The fourth-order valence-electron chi connectivity index (χ4n) is 9.86. The molecule has 2 aliphatic rings. The summed E-state index contributed by atoms with van der Waals surface area (Å²) in [6, 6.07) is 60.6. The average Bonchev–Trinajstić information content (AvgIpc) is 3.84. The number of aromatic nitrogens is 1. The van der Waals surface area contributed by atoms with Crippen LogP contribution in [0.3, 0.4) is 0 Å². The van der Waals surface area contributed by atoms with Gasteiger partial charge in [0.05, 0.1) is 10.2 Å². The van der Waals surface area contributed by atoms with E-state index in [4.69, 9.17) is 0 Å². The molecule has 0 saturated heterocycles. The number of thiophene rings is 1. The van der Waals surface area contributed by atoms with Crippen LogP contribution in [0.25, 0.3) is 81.0 Å². The second-order valence-corrected chi connectivity index (χ2v) is 16.8. The number of hydrogen-bond donors (Lipinski definition) is 1. The Labute approximate surface area is 324 Å². The summed E-state index contributed by atoms with van der Waals surface area (Å²) in [5.41, 5.74) is 19.3. The summed E-state index contributed by atoms with van der Waals surface area (Å²) in [7, 11) is 0.870. The molecule has 0 spiro atoms. The van der Waals surface area contributed by atoms with Crippen molar-refractivity contribution in [3.05, 3.63) is 175 Å². The van der Waals surface area contributed by atoms with Gasteiger partial charge in [0.15, 0.2) is 7.28 Å². The lowest BCUT2D eigenvalue weighted by atomic mass is 9.57. The Balaban J connectivity index is 1.17. The molecule has 258 valence electrons. The van der Waals surface area contributed by atoms with E-state index in [1.165, 1.54) is 103 Å². The van der Waals surface area contributed by atoms with Crippen LogP contribution in [0.1, 0.15) is 25.0 Å². The third kappa shape index (κ3) is 4.37. The van der Waals surface area contributed by atoms with Crippen LogP contribution in [0.4, 0.5) is 11.4 Å². The maximum absolute atomic E-state index is 3.93. The maximum Gasteiger partial charge on any atom is 0.198 e. The number of nitrogens with zero attached hydrogens (tertiary/aromatic N) is 1. The zero-order chi connectivity index (χ0) is 36.4. The van der Waals surface area contributed by atoms with Crippen molar-refractivity contribution in [2.75, 3.05) is 5.32 Å². The van der Waals surface area contributed by atoms with E-state index in [0.29, 0.717) is 0 Å². The first-order valence-corrected chi connectivity index (χ1v) is 20.0. The van der Waals surface area contributed by atoms with E-state index in [0.717, 1.165) is 18.7 Å². The summed E-state index contributed by atoms with van der Waals surface area (Å²) in [5.74, 6) is 0. The molecule has 0 fully saturated rings. The van der Waals surface area contributed by atoms with E-state index < -0.39 is 0 Å². The Morgan fingerprint density at radius 2 is 1.27 bits per heavy atom. The second kappa shape index (κ2) is 11.3. The van der Waals surface area contributed by atoms with Gasteiger partial charge in [-0.1, -0.05) is 147 Å². The summed E-state index contributed by atoms with van der Waals surface area (Å²) in [4.78, 5) is 0. The number of rotatable bonds is 4. The van der Waals surface area contributed by atoms with Gasteiger partial charge >= 0.3 is 0 Å². The zero-order valence-corrected chi connectivity index (χ0v) is 31.5. The van der Waals surface area contributed by atoms with Crippen LogP contribution in [-0.2, 0) is 5.41 Å². The largest absolute Gasteiger partial charge is 0.355 e. The first kappa shape index (κ1) is 31.0. The van der Waals surface area contributed by atoms with Crippen molar-refractivity contribution in [1.29, 1.82) is 0 Å². The summed E-state index contributed by atoms with van der Waals surface area (Å²) in [6.45, 7) is 4.87. The molecule has 55 heavy (non-hydrogen) atoms. The highest BCUT2D eigenvalue weighted by Gasteiger charge is 2.42. The Morgan fingerprint density at radius 1 is 0.564 bits per heavy atom. The smallest absolute Gasteiger partial charge is 0.198 e. The van der Waals surface area contributed by atoms with E-state index in [-0.39, 0.29) is 5.41 Å². The van der Waals surface area contributed by atoms with Crippen molar-refractivity contribution >= 4 is 82.9 Å². The van der Waals surface area contributed by atoms with E-state index in [1.54, 1.807) is 0 Å². The number of hydrogen-bond acceptors (Lipinski definition) is 2. The molecule has 2 aromatic heterocycles. The Morgan fingerprint density at radius 3 is 2.13 bits per heavy atom. The molecule has 12 rings (SSSR count). The van der Waals surface area contributed by atoms with Crippen molar-refractivity contribution in [1.82, 2.24) is 4.57 Å². The van der Waals surface area contributed by atoms with Crippen molar-refractivity contribution in [2.45, 2.75) is 19.3 Å². The monoisotopic (exact) mass is 718 g/mol. The first-order chi connectivity index (χ1) is 27.0. The molecular weight excluding hydrogens is 683 g/mol. The Kier molecular flexibility index (Phi) is 6.40. The lowest BCUT2D eigenvalue weighted by Gasteiger charge is -2.32. The fourth-order valence-corrected chi connectivity index (χ4v) is 11.1. The summed E-state index contributed by atoms with van der Waals surface area (Å²) >= 11 is 1.93. The van der Waals surface area contributed by atoms with Gasteiger partial charge in [-0.25, -0.2) is 0 Å². The molecule has 10 aromatic rings. The zero-order valence-electron chi connectivity index (χ0n) is 30.7. The third-order valence-corrected chi connectivity index (χ3v) is 13.5. The summed E-state index contributed by atoms with van der Waals surface area (Å²) < 4.78 is 5.40. The van der Waals surface area contributed by atoms with Gasteiger partial charge in [-0.3, -0.25) is 0 Å².